The van der Waals surface area contributed by atoms with Crippen LogP contribution in [0.3, 0.4) is 0 Å². The van der Waals surface area contributed by atoms with E-state index < -0.39 is 0 Å². The summed E-state index contributed by atoms with van der Waals surface area (Å²) >= 11 is 0. The number of fused-ring (bicyclic) bond motifs is 3. The second-order valence-corrected chi connectivity index (χ2v) is 6.97. The summed E-state index contributed by atoms with van der Waals surface area (Å²) in [5, 5.41) is 9.68. The van der Waals surface area contributed by atoms with Crippen molar-refractivity contribution in [2.45, 2.75) is 39.2 Å². The summed E-state index contributed by atoms with van der Waals surface area (Å²) in [6.45, 7) is 5.72. The average Bonchev–Trinajstić information content (AvgIpc) is 2.66. The molecule has 0 radical (unpaired) electrons. The first kappa shape index (κ1) is 18.0. The van der Waals surface area contributed by atoms with Gasteiger partial charge in [0, 0.05) is 24.4 Å². The number of aliphatic hydroxyl groups is 1. The Balaban J connectivity index is 1.66. The molecule has 134 valence electrons. The monoisotopic (exact) mass is 341 g/mol. The number of benzene rings is 1. The summed E-state index contributed by atoms with van der Waals surface area (Å²) in [6.07, 6.45) is 3.51. The molecule has 1 aromatic carbocycles. The van der Waals surface area contributed by atoms with E-state index in [9.17, 15) is 9.90 Å². The summed E-state index contributed by atoms with van der Waals surface area (Å²) in [5.41, 5.74) is 2.78. The Hall–Kier alpha value is -1.83. The van der Waals surface area contributed by atoms with Gasteiger partial charge >= 0.3 is 5.97 Å². The zero-order valence-corrected chi connectivity index (χ0v) is 15.0. The molecule has 4 nitrogen and oxygen atoms in total. The van der Waals surface area contributed by atoms with E-state index in [4.69, 9.17) is 4.74 Å². The van der Waals surface area contributed by atoms with Crippen molar-refractivity contribution >= 4 is 5.97 Å². The molecule has 25 heavy (non-hydrogen) atoms. The summed E-state index contributed by atoms with van der Waals surface area (Å²) in [4.78, 5) is 14.0. The maximum atomic E-state index is 11.5. The molecule has 3 saturated heterocycles. The van der Waals surface area contributed by atoms with Crippen LogP contribution < -0.4 is 0 Å². The third-order valence-corrected chi connectivity index (χ3v) is 5.31. The number of hydrogen-bond acceptors (Lipinski definition) is 4. The Kier molecular flexibility index (Phi) is 6.12. The van der Waals surface area contributed by atoms with Gasteiger partial charge in [-0.2, -0.15) is 0 Å². The van der Waals surface area contributed by atoms with Gasteiger partial charge in [0.05, 0.1) is 13.2 Å². The lowest BCUT2D eigenvalue weighted by atomic mass is 9.79. The Morgan fingerprint density at radius 3 is 2.80 bits per heavy atom. The fraction of sp³-hybridized carbons (Fsp3) is 0.571. The predicted octanol–water partition coefficient (Wildman–Crippen LogP) is 2.37. The molecule has 0 aromatic heterocycles. The minimum atomic E-state index is -0.181. The molecule has 0 aliphatic carbocycles. The van der Waals surface area contributed by atoms with Gasteiger partial charge in [-0.05, 0) is 62.4 Å². The summed E-state index contributed by atoms with van der Waals surface area (Å²) < 4.78 is 4.96. The molecule has 4 rings (SSSR count). The molecule has 3 aliphatic rings. The first-order valence-electron chi connectivity index (χ1n) is 9.31. The smallest absolute Gasteiger partial charge is 0.306 e. The largest absolute Gasteiger partial charge is 0.466 e. The van der Waals surface area contributed by atoms with Crippen molar-refractivity contribution in [3.8, 4) is 11.8 Å². The lowest BCUT2D eigenvalue weighted by molar-refractivity contribution is -0.143. The molecule has 1 N–H and O–H groups in total. The molecule has 1 aromatic rings. The zero-order valence-electron chi connectivity index (χ0n) is 15.0. The summed E-state index contributed by atoms with van der Waals surface area (Å²) in [6, 6.07) is 5.93. The molecule has 2 bridgehead atoms. The number of carbonyl (C=O) groups excluding carboxylic acids is 1. The van der Waals surface area contributed by atoms with E-state index in [0.717, 1.165) is 29.2 Å². The third-order valence-electron chi connectivity index (χ3n) is 5.31. The lowest BCUT2D eigenvalue weighted by Crippen LogP contribution is -2.46. The molecule has 0 amide bonds. The van der Waals surface area contributed by atoms with Crippen molar-refractivity contribution in [2.75, 3.05) is 26.2 Å². The number of aryl methyl sites for hydroxylation is 1. The van der Waals surface area contributed by atoms with Gasteiger partial charge in [-0.3, -0.25) is 4.79 Å². The molecular formula is C21H27NO3. The van der Waals surface area contributed by atoms with Gasteiger partial charge in [0.25, 0.3) is 0 Å². The van der Waals surface area contributed by atoms with E-state index in [0.29, 0.717) is 25.4 Å². The van der Waals surface area contributed by atoms with Crippen LogP contribution in [0.5, 0.6) is 0 Å². The first-order chi connectivity index (χ1) is 12.2. The van der Waals surface area contributed by atoms with Crippen LogP contribution >= 0.6 is 0 Å². The van der Waals surface area contributed by atoms with Gasteiger partial charge < -0.3 is 14.7 Å². The highest BCUT2D eigenvalue weighted by Crippen LogP contribution is 2.31. The minimum Gasteiger partial charge on any atom is -0.466 e. The van der Waals surface area contributed by atoms with Crippen LogP contribution in [0.15, 0.2) is 18.2 Å². The van der Waals surface area contributed by atoms with Crippen LogP contribution in [0.2, 0.25) is 0 Å². The average molecular weight is 341 g/mol. The number of rotatable bonds is 5. The van der Waals surface area contributed by atoms with Crippen LogP contribution in [0.25, 0.3) is 0 Å². The molecule has 3 fully saturated rings. The Morgan fingerprint density at radius 1 is 1.36 bits per heavy atom. The predicted molar refractivity (Wildman–Crippen MR) is 96.9 cm³/mol. The van der Waals surface area contributed by atoms with E-state index in [-0.39, 0.29) is 12.6 Å². The van der Waals surface area contributed by atoms with E-state index in [2.05, 4.69) is 16.7 Å². The van der Waals surface area contributed by atoms with Gasteiger partial charge in [0.1, 0.15) is 0 Å². The van der Waals surface area contributed by atoms with E-state index in [1.165, 1.54) is 25.9 Å². The quantitative estimate of drug-likeness (QED) is 0.660. The fourth-order valence-electron chi connectivity index (χ4n) is 3.83. The van der Waals surface area contributed by atoms with Crippen LogP contribution in [-0.2, 0) is 22.6 Å². The Morgan fingerprint density at radius 2 is 2.16 bits per heavy atom. The van der Waals surface area contributed by atoms with Gasteiger partial charge in [0.2, 0.25) is 0 Å². The van der Waals surface area contributed by atoms with Crippen LogP contribution in [0, 0.1) is 23.7 Å². The third kappa shape index (κ3) is 4.62. The van der Waals surface area contributed by atoms with E-state index in [1.54, 1.807) is 0 Å². The number of aliphatic hydroxyl groups excluding tert-OH is 1. The number of hydrogen-bond donors (Lipinski definition) is 1. The molecule has 0 saturated carbocycles. The summed E-state index contributed by atoms with van der Waals surface area (Å²) in [7, 11) is 0. The second kappa shape index (κ2) is 8.51. The van der Waals surface area contributed by atoms with Crippen molar-refractivity contribution in [3.05, 3.63) is 34.9 Å². The molecule has 3 aliphatic heterocycles. The van der Waals surface area contributed by atoms with Crippen LogP contribution in [0.4, 0.5) is 0 Å². The highest BCUT2D eigenvalue weighted by atomic mass is 16.5. The molecule has 3 heterocycles. The second-order valence-electron chi connectivity index (χ2n) is 6.97. The topological polar surface area (TPSA) is 49.8 Å². The zero-order chi connectivity index (χ0) is 17.6. The van der Waals surface area contributed by atoms with E-state index in [1.807, 2.05) is 25.1 Å². The maximum Gasteiger partial charge on any atom is 0.306 e. The number of piperidine rings is 3. The van der Waals surface area contributed by atoms with Crippen molar-refractivity contribution in [3.63, 3.8) is 0 Å². The molecular weight excluding hydrogens is 314 g/mol. The van der Waals surface area contributed by atoms with Gasteiger partial charge in [0.15, 0.2) is 0 Å². The number of nitrogens with zero attached hydrogens (tertiary/aromatic N) is 1. The minimum absolute atomic E-state index is 0.0303. The van der Waals surface area contributed by atoms with Crippen molar-refractivity contribution in [2.24, 2.45) is 11.8 Å². The van der Waals surface area contributed by atoms with Crippen molar-refractivity contribution in [1.29, 1.82) is 0 Å². The molecule has 4 heteroatoms. The SMILES string of the molecule is CCOC(=O)CCc1ccc(C#CC2CN3CCC2CC3)c(CO)c1. The number of esters is 1. The Bertz CT molecular complexity index is 665. The summed E-state index contributed by atoms with van der Waals surface area (Å²) in [5.74, 6) is 7.77. The van der Waals surface area contributed by atoms with Crippen LogP contribution in [-0.4, -0.2) is 42.2 Å². The maximum absolute atomic E-state index is 11.5. The highest BCUT2D eigenvalue weighted by Gasteiger charge is 2.32. The molecule has 1 atom stereocenters. The first-order valence-corrected chi connectivity index (χ1v) is 9.31. The normalized spacial score (nSPS) is 24.5. The standard InChI is InChI=1S/C21H27NO3/c1-2-25-21(24)8-4-16-3-5-17(20(13-16)15-23)6-7-19-14-22-11-9-18(19)10-12-22/h3,5,13,18-19,23H,2,4,8-12,14-15H2,1H3. The highest BCUT2D eigenvalue weighted by molar-refractivity contribution is 5.69. The van der Waals surface area contributed by atoms with E-state index >= 15 is 0 Å². The fourth-order valence-corrected chi connectivity index (χ4v) is 3.83. The van der Waals surface area contributed by atoms with Crippen molar-refractivity contribution in [1.82, 2.24) is 4.90 Å². The van der Waals surface area contributed by atoms with Gasteiger partial charge in [-0.15, -0.1) is 0 Å². The van der Waals surface area contributed by atoms with Crippen molar-refractivity contribution < 1.29 is 14.6 Å². The number of carbonyl (C=O) groups is 1. The van der Waals surface area contributed by atoms with Crippen LogP contribution in [0.1, 0.15) is 42.9 Å². The Labute approximate surface area is 150 Å². The molecule has 0 spiro atoms. The lowest BCUT2D eigenvalue weighted by Gasteiger charge is -2.42. The van der Waals surface area contributed by atoms with Gasteiger partial charge in [-0.25, -0.2) is 0 Å². The van der Waals surface area contributed by atoms with Gasteiger partial charge in [-0.1, -0.05) is 24.0 Å². The number of ether oxygens (including phenoxy) is 1. The molecule has 1 unspecified atom stereocenters.